The molecule has 25 heavy (non-hydrogen) atoms. The van der Waals surface area contributed by atoms with Crippen molar-refractivity contribution in [1.29, 1.82) is 0 Å². The highest BCUT2D eigenvalue weighted by Crippen LogP contribution is 2.37. The quantitative estimate of drug-likeness (QED) is 0.528. The first kappa shape index (κ1) is 21.9. The van der Waals surface area contributed by atoms with E-state index in [2.05, 4.69) is 12.2 Å². The Labute approximate surface area is 166 Å². The highest BCUT2D eigenvalue weighted by molar-refractivity contribution is 6.32. The van der Waals surface area contributed by atoms with E-state index in [9.17, 15) is 0 Å². The second kappa shape index (κ2) is 11.5. The zero-order chi connectivity index (χ0) is 17.4. The first-order chi connectivity index (χ1) is 11.7. The molecule has 6 heteroatoms. The number of benzene rings is 2. The van der Waals surface area contributed by atoms with Crippen LogP contribution in [-0.4, -0.2) is 13.7 Å². The van der Waals surface area contributed by atoms with Gasteiger partial charge in [-0.05, 0) is 36.7 Å². The smallest absolute Gasteiger partial charge is 0.180 e. The van der Waals surface area contributed by atoms with Crippen molar-refractivity contribution in [3.63, 3.8) is 0 Å². The van der Waals surface area contributed by atoms with Gasteiger partial charge < -0.3 is 14.8 Å². The Morgan fingerprint density at radius 2 is 1.84 bits per heavy atom. The van der Waals surface area contributed by atoms with Gasteiger partial charge in [0.05, 0.1) is 12.1 Å². The van der Waals surface area contributed by atoms with E-state index < -0.39 is 0 Å². The second-order valence-corrected chi connectivity index (χ2v) is 6.33. The van der Waals surface area contributed by atoms with Crippen LogP contribution in [-0.2, 0) is 13.2 Å². The number of hydrogen-bond acceptors (Lipinski definition) is 3. The van der Waals surface area contributed by atoms with Gasteiger partial charge in [0.2, 0.25) is 0 Å². The fourth-order valence-corrected chi connectivity index (χ4v) is 2.79. The van der Waals surface area contributed by atoms with Crippen molar-refractivity contribution >= 4 is 35.6 Å². The molecule has 0 unspecified atom stereocenters. The lowest BCUT2D eigenvalue weighted by Gasteiger charge is -2.15. The Morgan fingerprint density at radius 3 is 2.52 bits per heavy atom. The minimum Gasteiger partial charge on any atom is -0.493 e. The number of unbranched alkanes of at least 4 members (excludes halogenated alkanes) is 1. The maximum absolute atomic E-state index is 6.39. The summed E-state index contributed by atoms with van der Waals surface area (Å²) >= 11 is 12.6. The summed E-state index contributed by atoms with van der Waals surface area (Å²) in [5.41, 5.74) is 1.97. The number of ether oxygens (including phenoxy) is 2. The predicted octanol–water partition coefficient (Wildman–Crippen LogP) is 5.89. The van der Waals surface area contributed by atoms with Crippen LogP contribution in [0.2, 0.25) is 10.0 Å². The summed E-state index contributed by atoms with van der Waals surface area (Å²) in [5, 5.41) is 4.60. The van der Waals surface area contributed by atoms with E-state index in [4.69, 9.17) is 32.7 Å². The van der Waals surface area contributed by atoms with Crippen molar-refractivity contribution < 1.29 is 9.47 Å². The molecule has 138 valence electrons. The molecule has 2 aromatic carbocycles. The molecule has 0 amide bonds. The topological polar surface area (TPSA) is 30.5 Å². The molecule has 2 rings (SSSR count). The van der Waals surface area contributed by atoms with Gasteiger partial charge in [-0.15, -0.1) is 12.4 Å². The van der Waals surface area contributed by atoms with Crippen LogP contribution in [0.1, 0.15) is 30.9 Å². The summed E-state index contributed by atoms with van der Waals surface area (Å²) < 4.78 is 11.3. The molecular formula is C19H24Cl3NO2. The SMILES string of the molecule is CCCCNCc1cc(Cl)c(OCc2ccccc2Cl)c(OC)c1.Cl. The van der Waals surface area contributed by atoms with Gasteiger partial charge in [0, 0.05) is 17.1 Å². The number of halogens is 3. The Hall–Kier alpha value is -1.13. The molecule has 0 fully saturated rings. The third-order valence-corrected chi connectivity index (χ3v) is 4.30. The highest BCUT2D eigenvalue weighted by atomic mass is 35.5. The van der Waals surface area contributed by atoms with Crippen LogP contribution in [0.4, 0.5) is 0 Å². The van der Waals surface area contributed by atoms with Crippen molar-refractivity contribution in [1.82, 2.24) is 5.32 Å². The largest absolute Gasteiger partial charge is 0.493 e. The summed E-state index contributed by atoms with van der Waals surface area (Å²) in [4.78, 5) is 0. The lowest BCUT2D eigenvalue weighted by Crippen LogP contribution is -2.14. The van der Waals surface area contributed by atoms with Crippen LogP contribution in [0.5, 0.6) is 11.5 Å². The van der Waals surface area contributed by atoms with Crippen molar-refractivity contribution in [3.8, 4) is 11.5 Å². The van der Waals surface area contributed by atoms with Crippen LogP contribution in [0.25, 0.3) is 0 Å². The molecule has 0 saturated carbocycles. The minimum absolute atomic E-state index is 0. The standard InChI is InChI=1S/C19H23Cl2NO2.ClH/c1-3-4-9-22-12-14-10-17(21)19(18(11-14)23-2)24-13-15-7-5-6-8-16(15)20;/h5-8,10-11,22H,3-4,9,12-13H2,1-2H3;1H. The molecule has 0 radical (unpaired) electrons. The van der Waals surface area contributed by atoms with Gasteiger partial charge in [-0.2, -0.15) is 0 Å². The van der Waals surface area contributed by atoms with E-state index in [1.54, 1.807) is 7.11 Å². The zero-order valence-electron chi connectivity index (χ0n) is 14.5. The highest BCUT2D eigenvalue weighted by Gasteiger charge is 2.13. The van der Waals surface area contributed by atoms with Crippen LogP contribution in [0, 0.1) is 0 Å². The summed E-state index contributed by atoms with van der Waals surface area (Å²) in [7, 11) is 1.61. The van der Waals surface area contributed by atoms with Gasteiger partial charge in [0.1, 0.15) is 6.61 Å². The molecule has 0 aliphatic carbocycles. The van der Waals surface area contributed by atoms with E-state index in [0.717, 1.165) is 30.6 Å². The Bertz CT molecular complexity index is 665. The molecule has 0 aliphatic rings. The normalized spacial score (nSPS) is 10.2. The van der Waals surface area contributed by atoms with Crippen LogP contribution >= 0.6 is 35.6 Å². The van der Waals surface area contributed by atoms with Gasteiger partial charge in [-0.1, -0.05) is 54.7 Å². The van der Waals surface area contributed by atoms with Crippen LogP contribution in [0.3, 0.4) is 0 Å². The van der Waals surface area contributed by atoms with E-state index in [1.165, 1.54) is 6.42 Å². The van der Waals surface area contributed by atoms with E-state index in [1.807, 2.05) is 36.4 Å². The fourth-order valence-electron chi connectivity index (χ4n) is 2.32. The Morgan fingerprint density at radius 1 is 1.08 bits per heavy atom. The second-order valence-electron chi connectivity index (χ2n) is 5.52. The average molecular weight is 405 g/mol. The van der Waals surface area contributed by atoms with Gasteiger partial charge in [-0.25, -0.2) is 0 Å². The lowest BCUT2D eigenvalue weighted by atomic mass is 10.2. The zero-order valence-corrected chi connectivity index (χ0v) is 16.8. The monoisotopic (exact) mass is 403 g/mol. The number of methoxy groups -OCH3 is 1. The molecule has 1 N–H and O–H groups in total. The van der Waals surface area contributed by atoms with Gasteiger partial charge in [0.25, 0.3) is 0 Å². The molecule has 0 heterocycles. The lowest BCUT2D eigenvalue weighted by molar-refractivity contribution is 0.284. The summed E-state index contributed by atoms with van der Waals surface area (Å²) in [6, 6.07) is 11.4. The predicted molar refractivity (Wildman–Crippen MR) is 108 cm³/mol. The number of rotatable bonds is 9. The molecular weight excluding hydrogens is 381 g/mol. The molecule has 0 spiro atoms. The van der Waals surface area contributed by atoms with Crippen molar-refractivity contribution in [2.45, 2.75) is 32.9 Å². The van der Waals surface area contributed by atoms with E-state index in [0.29, 0.717) is 28.2 Å². The summed E-state index contributed by atoms with van der Waals surface area (Å²) in [6.45, 7) is 4.25. The molecule has 3 nitrogen and oxygen atoms in total. The molecule has 0 bridgehead atoms. The Kier molecular flexibility index (Phi) is 10.1. The van der Waals surface area contributed by atoms with Crippen molar-refractivity contribution in [2.75, 3.05) is 13.7 Å². The maximum atomic E-state index is 6.39. The van der Waals surface area contributed by atoms with Gasteiger partial charge in [0.15, 0.2) is 11.5 Å². The number of nitrogens with one attached hydrogen (secondary N) is 1. The summed E-state index contributed by atoms with van der Waals surface area (Å²) in [6.07, 6.45) is 2.33. The maximum Gasteiger partial charge on any atom is 0.180 e. The van der Waals surface area contributed by atoms with Crippen LogP contribution < -0.4 is 14.8 Å². The van der Waals surface area contributed by atoms with Crippen molar-refractivity contribution in [3.05, 3.63) is 57.6 Å². The molecule has 0 aliphatic heterocycles. The third-order valence-electron chi connectivity index (χ3n) is 3.66. The first-order valence-corrected chi connectivity index (χ1v) is 8.84. The van der Waals surface area contributed by atoms with Gasteiger partial charge in [-0.3, -0.25) is 0 Å². The van der Waals surface area contributed by atoms with Crippen molar-refractivity contribution in [2.24, 2.45) is 0 Å². The molecule has 2 aromatic rings. The van der Waals surface area contributed by atoms with Crippen LogP contribution in [0.15, 0.2) is 36.4 Å². The van der Waals surface area contributed by atoms with Gasteiger partial charge >= 0.3 is 0 Å². The fraction of sp³-hybridized carbons (Fsp3) is 0.368. The third kappa shape index (κ3) is 6.59. The van der Waals surface area contributed by atoms with E-state index in [-0.39, 0.29) is 12.4 Å². The number of hydrogen-bond donors (Lipinski definition) is 1. The molecule has 0 saturated heterocycles. The Balaban J connectivity index is 0.00000312. The minimum atomic E-state index is 0. The first-order valence-electron chi connectivity index (χ1n) is 8.09. The summed E-state index contributed by atoms with van der Waals surface area (Å²) in [5.74, 6) is 1.17. The average Bonchev–Trinajstić information content (AvgIpc) is 2.58. The molecule has 0 aromatic heterocycles. The van der Waals surface area contributed by atoms with E-state index >= 15 is 0 Å². The molecule has 0 atom stereocenters.